The molecular weight excluding hydrogens is 496 g/mol. The summed E-state index contributed by atoms with van der Waals surface area (Å²) >= 11 is 0. The van der Waals surface area contributed by atoms with Crippen molar-refractivity contribution in [3.8, 4) is 5.88 Å². The number of carbonyl (C=O) groups is 1. The van der Waals surface area contributed by atoms with Crippen molar-refractivity contribution in [2.75, 3.05) is 30.9 Å². The molecule has 1 unspecified atom stereocenters. The minimum atomic E-state index is -3.78. The van der Waals surface area contributed by atoms with Crippen LogP contribution in [-0.2, 0) is 10.0 Å². The van der Waals surface area contributed by atoms with Crippen molar-refractivity contribution in [1.29, 1.82) is 0 Å². The first-order valence-corrected chi connectivity index (χ1v) is 13.1. The van der Waals surface area contributed by atoms with Gasteiger partial charge in [0.15, 0.2) is 5.82 Å². The number of amides is 1. The number of hydrogen-bond acceptors (Lipinski definition) is 9. The van der Waals surface area contributed by atoms with Crippen molar-refractivity contribution in [2.24, 2.45) is 0 Å². The average molecular weight is 523 g/mol. The molecule has 1 fully saturated rings. The molecule has 5 rings (SSSR count). The molecule has 12 nitrogen and oxygen atoms in total. The summed E-state index contributed by atoms with van der Waals surface area (Å²) in [6.07, 6.45) is 1.63. The SMILES string of the molecule is Cc1cc(O)nc2ccc(NC(=O)c3cc(S(=O)(=O)N(C)C)ccc3N3CCCC3c3nnn[nH]3)cc12. The zero-order valence-electron chi connectivity index (χ0n) is 20.5. The van der Waals surface area contributed by atoms with Crippen molar-refractivity contribution in [3.05, 3.63) is 59.4 Å². The quantitative estimate of drug-likeness (QED) is 0.346. The third-order valence-corrected chi connectivity index (χ3v) is 8.30. The largest absolute Gasteiger partial charge is 0.493 e. The highest BCUT2D eigenvalue weighted by molar-refractivity contribution is 7.89. The summed E-state index contributed by atoms with van der Waals surface area (Å²) in [5, 5.41) is 27.7. The monoisotopic (exact) mass is 522 g/mol. The highest BCUT2D eigenvalue weighted by Gasteiger charge is 2.32. The number of tetrazole rings is 1. The summed E-state index contributed by atoms with van der Waals surface area (Å²) in [6, 6.07) is 11.1. The normalized spacial score (nSPS) is 16.0. The highest BCUT2D eigenvalue weighted by atomic mass is 32.2. The molecule has 3 N–H and O–H groups in total. The van der Waals surface area contributed by atoms with Gasteiger partial charge in [-0.1, -0.05) is 0 Å². The fourth-order valence-corrected chi connectivity index (χ4v) is 5.55. The predicted molar refractivity (Wildman–Crippen MR) is 137 cm³/mol. The van der Waals surface area contributed by atoms with Gasteiger partial charge in [0.2, 0.25) is 15.9 Å². The number of sulfonamides is 1. The van der Waals surface area contributed by atoms with Gasteiger partial charge in [-0.05, 0) is 72.2 Å². The van der Waals surface area contributed by atoms with E-state index in [-0.39, 0.29) is 22.4 Å². The number of H-pyrrole nitrogens is 1. The van der Waals surface area contributed by atoms with E-state index in [1.54, 1.807) is 30.3 Å². The van der Waals surface area contributed by atoms with Crippen molar-refractivity contribution < 1.29 is 18.3 Å². The van der Waals surface area contributed by atoms with Crippen LogP contribution in [0, 0.1) is 6.92 Å². The number of pyridine rings is 1. The first kappa shape index (κ1) is 24.6. The van der Waals surface area contributed by atoms with Gasteiger partial charge in [0.1, 0.15) is 0 Å². The number of rotatable bonds is 6. The van der Waals surface area contributed by atoms with Crippen LogP contribution in [-0.4, -0.2) is 70.0 Å². The van der Waals surface area contributed by atoms with Crippen molar-refractivity contribution in [3.63, 3.8) is 0 Å². The molecule has 2 aromatic carbocycles. The van der Waals surface area contributed by atoms with E-state index in [4.69, 9.17) is 0 Å². The number of fused-ring (bicyclic) bond motifs is 1. The fraction of sp³-hybridized carbons (Fsp3) is 0.292. The molecule has 0 saturated carbocycles. The maximum Gasteiger partial charge on any atom is 0.257 e. The summed E-state index contributed by atoms with van der Waals surface area (Å²) in [6.45, 7) is 2.49. The predicted octanol–water partition coefficient (Wildman–Crippen LogP) is 2.61. The molecule has 1 atom stereocenters. The second-order valence-electron chi connectivity index (χ2n) is 9.09. The Morgan fingerprint density at radius 1 is 1.19 bits per heavy atom. The lowest BCUT2D eigenvalue weighted by Gasteiger charge is -2.27. The minimum Gasteiger partial charge on any atom is -0.493 e. The Bertz CT molecular complexity index is 1590. The molecule has 13 heteroatoms. The fourth-order valence-electron chi connectivity index (χ4n) is 4.62. The first-order chi connectivity index (χ1) is 17.6. The van der Waals surface area contributed by atoms with E-state index in [0.717, 1.165) is 28.1 Å². The summed E-state index contributed by atoms with van der Waals surface area (Å²) in [4.78, 5) is 19.8. The summed E-state index contributed by atoms with van der Waals surface area (Å²) in [7, 11) is -0.889. The Kier molecular flexibility index (Phi) is 6.25. The lowest BCUT2D eigenvalue weighted by Crippen LogP contribution is -2.28. The van der Waals surface area contributed by atoms with Crippen LogP contribution in [0.3, 0.4) is 0 Å². The van der Waals surface area contributed by atoms with Crippen molar-refractivity contribution >= 4 is 38.2 Å². The van der Waals surface area contributed by atoms with E-state index in [2.05, 4.69) is 30.9 Å². The van der Waals surface area contributed by atoms with Gasteiger partial charge in [-0.2, -0.15) is 0 Å². The molecule has 1 aliphatic heterocycles. The van der Waals surface area contributed by atoms with E-state index >= 15 is 0 Å². The molecule has 0 aliphatic carbocycles. The van der Waals surface area contributed by atoms with Gasteiger partial charge in [0.25, 0.3) is 5.91 Å². The Morgan fingerprint density at radius 2 is 2.00 bits per heavy atom. The average Bonchev–Trinajstić information content (AvgIpc) is 3.56. The van der Waals surface area contributed by atoms with Crippen LogP contribution in [0.2, 0.25) is 0 Å². The lowest BCUT2D eigenvalue weighted by molar-refractivity contribution is 0.102. The second kappa shape index (κ2) is 9.41. The molecule has 1 saturated heterocycles. The van der Waals surface area contributed by atoms with Crippen LogP contribution in [0.1, 0.15) is 40.6 Å². The Morgan fingerprint density at radius 3 is 2.73 bits per heavy atom. The topological polar surface area (TPSA) is 157 Å². The second-order valence-corrected chi connectivity index (χ2v) is 11.2. The number of carbonyl (C=O) groups excluding carboxylic acids is 1. The van der Waals surface area contributed by atoms with Crippen LogP contribution in [0.5, 0.6) is 5.88 Å². The van der Waals surface area contributed by atoms with Gasteiger partial charge in [0, 0.05) is 37.8 Å². The van der Waals surface area contributed by atoms with Gasteiger partial charge in [-0.3, -0.25) is 4.79 Å². The molecular formula is C24H26N8O4S. The summed E-state index contributed by atoms with van der Waals surface area (Å²) < 4.78 is 26.9. The molecule has 192 valence electrons. The Balaban J connectivity index is 1.56. The molecule has 0 spiro atoms. The van der Waals surface area contributed by atoms with E-state index in [1.165, 1.54) is 26.2 Å². The van der Waals surface area contributed by atoms with E-state index < -0.39 is 15.9 Å². The lowest BCUT2D eigenvalue weighted by atomic mass is 10.1. The maximum absolute atomic E-state index is 13.7. The molecule has 1 aliphatic rings. The van der Waals surface area contributed by atoms with Crippen LogP contribution < -0.4 is 10.2 Å². The number of nitrogens with zero attached hydrogens (tertiary/aromatic N) is 6. The smallest absolute Gasteiger partial charge is 0.257 e. The molecule has 0 radical (unpaired) electrons. The third-order valence-electron chi connectivity index (χ3n) is 6.49. The van der Waals surface area contributed by atoms with Gasteiger partial charge in [0.05, 0.1) is 27.7 Å². The molecule has 0 bridgehead atoms. The number of aromatic hydroxyl groups is 1. The first-order valence-electron chi connectivity index (χ1n) is 11.6. The zero-order chi connectivity index (χ0) is 26.3. The number of aromatic nitrogens is 5. The van der Waals surface area contributed by atoms with Gasteiger partial charge in [-0.15, -0.1) is 5.10 Å². The number of aryl methyl sites for hydroxylation is 1. The molecule has 37 heavy (non-hydrogen) atoms. The minimum absolute atomic E-state index is 0.0116. The number of anilines is 2. The van der Waals surface area contributed by atoms with Crippen molar-refractivity contribution in [1.82, 2.24) is 29.9 Å². The van der Waals surface area contributed by atoms with Crippen LogP contribution >= 0.6 is 0 Å². The molecule has 4 aromatic rings. The van der Waals surface area contributed by atoms with Crippen LogP contribution in [0.25, 0.3) is 10.9 Å². The Labute approximate surface area is 213 Å². The van der Waals surface area contributed by atoms with Crippen molar-refractivity contribution in [2.45, 2.75) is 30.7 Å². The Hall–Kier alpha value is -4.10. The summed E-state index contributed by atoms with van der Waals surface area (Å²) in [5.41, 5.74) is 2.70. The number of hydrogen-bond donors (Lipinski definition) is 3. The van der Waals surface area contributed by atoms with Crippen LogP contribution in [0.4, 0.5) is 11.4 Å². The number of benzene rings is 2. The molecule has 2 aromatic heterocycles. The maximum atomic E-state index is 13.7. The van der Waals surface area contributed by atoms with E-state index in [0.29, 0.717) is 29.3 Å². The highest BCUT2D eigenvalue weighted by Crippen LogP contribution is 2.37. The summed E-state index contributed by atoms with van der Waals surface area (Å²) in [5.74, 6) is 0.0398. The zero-order valence-corrected chi connectivity index (χ0v) is 21.3. The third kappa shape index (κ3) is 4.58. The standard InChI is InChI=1S/C24H26N8O4S/c1-14-11-22(33)26-19-8-6-15(12-17(14)19)25-24(34)18-13-16(37(35,36)31(2)3)7-9-20(18)32-10-4-5-21(32)23-27-29-30-28-23/h6-9,11-13,21H,4-5,10H2,1-3H3,(H,25,34)(H,26,33)(H,27,28,29,30). The van der Waals surface area contributed by atoms with E-state index in [1.807, 2.05) is 11.8 Å². The van der Waals surface area contributed by atoms with Gasteiger partial charge < -0.3 is 15.3 Å². The molecule has 1 amide bonds. The van der Waals surface area contributed by atoms with Gasteiger partial charge >= 0.3 is 0 Å². The van der Waals surface area contributed by atoms with E-state index in [9.17, 15) is 18.3 Å². The number of nitrogens with one attached hydrogen (secondary N) is 2. The number of aromatic amines is 1. The van der Waals surface area contributed by atoms with Gasteiger partial charge in [-0.25, -0.2) is 22.8 Å². The van der Waals surface area contributed by atoms with Crippen LogP contribution in [0.15, 0.2) is 47.4 Å². The molecule has 3 heterocycles.